The zero-order valence-corrected chi connectivity index (χ0v) is 9.57. The largest absolute Gasteiger partial charge is 0.508 e. The molecule has 2 aromatic rings. The lowest BCUT2D eigenvalue weighted by molar-refractivity contribution is 0.396. The predicted molar refractivity (Wildman–Crippen MR) is 63.0 cm³/mol. The van der Waals surface area contributed by atoms with Gasteiger partial charge in [0.1, 0.15) is 5.75 Å². The van der Waals surface area contributed by atoms with Crippen LogP contribution in [-0.4, -0.2) is 17.2 Å². The third kappa shape index (κ3) is 2.67. The van der Waals surface area contributed by atoms with Crippen molar-refractivity contribution in [1.29, 1.82) is 0 Å². The summed E-state index contributed by atoms with van der Waals surface area (Å²) in [5.74, 6) is 0.875. The zero-order valence-electron chi connectivity index (χ0n) is 8.75. The summed E-state index contributed by atoms with van der Waals surface area (Å²) in [5, 5.41) is 9.17. The Morgan fingerprint density at radius 2 is 1.88 bits per heavy atom. The van der Waals surface area contributed by atoms with Crippen LogP contribution in [-0.2, 0) is 0 Å². The van der Waals surface area contributed by atoms with Crippen LogP contribution in [0.25, 0.3) is 0 Å². The Morgan fingerprint density at radius 3 is 2.56 bits per heavy atom. The number of benzene rings is 1. The predicted octanol–water partition coefficient (Wildman–Crippen LogP) is 2.95. The van der Waals surface area contributed by atoms with Gasteiger partial charge in [-0.3, -0.25) is 0 Å². The fourth-order valence-corrected chi connectivity index (χ4v) is 2.05. The summed E-state index contributed by atoms with van der Waals surface area (Å²) in [4.78, 5) is 6.15. The van der Waals surface area contributed by atoms with Crippen molar-refractivity contribution in [3.8, 4) is 11.6 Å². The van der Waals surface area contributed by atoms with Crippen LogP contribution < -0.4 is 4.74 Å². The van der Waals surface area contributed by atoms with Crippen LogP contribution in [0.5, 0.6) is 11.6 Å². The summed E-state index contributed by atoms with van der Waals surface area (Å²) in [5.41, 5.74) is 0. The van der Waals surface area contributed by atoms with Gasteiger partial charge in [0.25, 0.3) is 0 Å². The number of methoxy groups -OCH3 is 1. The average Bonchev–Trinajstić information content (AvgIpc) is 2.32. The molecule has 0 amide bonds. The Morgan fingerprint density at radius 1 is 1.12 bits per heavy atom. The minimum Gasteiger partial charge on any atom is -0.508 e. The molecule has 1 aromatic heterocycles. The first-order valence-electron chi connectivity index (χ1n) is 4.75. The highest BCUT2D eigenvalue weighted by Gasteiger charge is 2.00. The molecule has 0 bridgehead atoms. The van der Waals surface area contributed by atoms with Crippen molar-refractivity contribution >= 4 is 11.8 Å². The van der Waals surface area contributed by atoms with Crippen LogP contribution in [0.1, 0.15) is 0 Å². The molecule has 1 aromatic carbocycles. The second kappa shape index (κ2) is 4.90. The smallest absolute Gasteiger partial charge is 0.214 e. The number of ether oxygens (including phenoxy) is 1. The van der Waals surface area contributed by atoms with E-state index in [1.807, 2.05) is 24.3 Å². The summed E-state index contributed by atoms with van der Waals surface area (Å²) in [6, 6.07) is 10.9. The first-order valence-corrected chi connectivity index (χ1v) is 5.56. The SMILES string of the molecule is COc1cc(Sc2ccc(O)cc2)ccn1. The van der Waals surface area contributed by atoms with Crippen molar-refractivity contribution in [1.82, 2.24) is 4.98 Å². The second-order valence-electron chi connectivity index (χ2n) is 3.13. The molecular weight excluding hydrogens is 222 g/mol. The Bertz CT molecular complexity index is 471. The third-order valence-electron chi connectivity index (χ3n) is 1.99. The Hall–Kier alpha value is -1.68. The van der Waals surface area contributed by atoms with E-state index in [-0.39, 0.29) is 5.75 Å². The average molecular weight is 233 g/mol. The van der Waals surface area contributed by atoms with E-state index in [1.165, 1.54) is 0 Å². The molecule has 3 nitrogen and oxygen atoms in total. The number of rotatable bonds is 3. The summed E-state index contributed by atoms with van der Waals surface area (Å²) in [7, 11) is 1.59. The molecule has 1 heterocycles. The first kappa shape index (κ1) is 10.8. The summed E-state index contributed by atoms with van der Waals surface area (Å²) in [6.45, 7) is 0. The molecule has 0 aliphatic rings. The van der Waals surface area contributed by atoms with Gasteiger partial charge in [-0.1, -0.05) is 11.8 Å². The van der Waals surface area contributed by atoms with Crippen LogP contribution in [0.4, 0.5) is 0 Å². The topological polar surface area (TPSA) is 42.4 Å². The lowest BCUT2D eigenvalue weighted by Crippen LogP contribution is -1.86. The van der Waals surface area contributed by atoms with Crippen molar-refractivity contribution in [3.63, 3.8) is 0 Å². The van der Waals surface area contributed by atoms with Gasteiger partial charge in [0.05, 0.1) is 7.11 Å². The Labute approximate surface area is 98.1 Å². The fraction of sp³-hybridized carbons (Fsp3) is 0.0833. The lowest BCUT2D eigenvalue weighted by atomic mass is 10.3. The van der Waals surface area contributed by atoms with Gasteiger partial charge in [0.15, 0.2) is 0 Å². The van der Waals surface area contributed by atoms with Crippen molar-refractivity contribution in [2.45, 2.75) is 9.79 Å². The van der Waals surface area contributed by atoms with E-state index in [0.717, 1.165) is 9.79 Å². The van der Waals surface area contributed by atoms with Crippen molar-refractivity contribution in [2.75, 3.05) is 7.11 Å². The van der Waals surface area contributed by atoms with Gasteiger partial charge in [-0.05, 0) is 30.3 Å². The molecule has 0 unspecified atom stereocenters. The molecule has 16 heavy (non-hydrogen) atoms. The fourth-order valence-electron chi connectivity index (χ4n) is 1.22. The molecule has 0 spiro atoms. The number of aromatic hydroxyl groups is 1. The maximum absolute atomic E-state index is 9.17. The minimum atomic E-state index is 0.275. The van der Waals surface area contributed by atoms with Crippen LogP contribution in [0.2, 0.25) is 0 Å². The lowest BCUT2D eigenvalue weighted by Gasteiger charge is -2.03. The van der Waals surface area contributed by atoms with Crippen molar-refractivity contribution in [2.24, 2.45) is 0 Å². The quantitative estimate of drug-likeness (QED) is 0.885. The summed E-state index contributed by atoms with van der Waals surface area (Å²) in [6.07, 6.45) is 1.71. The highest BCUT2D eigenvalue weighted by molar-refractivity contribution is 7.99. The third-order valence-corrected chi connectivity index (χ3v) is 2.99. The van der Waals surface area contributed by atoms with Gasteiger partial charge in [0.2, 0.25) is 5.88 Å². The molecule has 0 saturated heterocycles. The molecule has 82 valence electrons. The van der Waals surface area contributed by atoms with E-state index in [9.17, 15) is 0 Å². The van der Waals surface area contributed by atoms with Crippen LogP contribution in [0.15, 0.2) is 52.4 Å². The molecular formula is C12H11NO2S. The monoisotopic (exact) mass is 233 g/mol. The van der Waals surface area contributed by atoms with Gasteiger partial charge in [-0.25, -0.2) is 4.98 Å². The van der Waals surface area contributed by atoms with E-state index in [1.54, 1.807) is 37.2 Å². The van der Waals surface area contributed by atoms with E-state index >= 15 is 0 Å². The van der Waals surface area contributed by atoms with E-state index in [4.69, 9.17) is 9.84 Å². The molecule has 0 saturated carbocycles. The van der Waals surface area contributed by atoms with E-state index in [0.29, 0.717) is 5.88 Å². The molecule has 0 atom stereocenters. The van der Waals surface area contributed by atoms with Gasteiger partial charge >= 0.3 is 0 Å². The molecule has 0 aliphatic heterocycles. The maximum Gasteiger partial charge on any atom is 0.214 e. The maximum atomic E-state index is 9.17. The number of hydrogen-bond donors (Lipinski definition) is 1. The molecule has 0 aliphatic carbocycles. The molecule has 1 N–H and O–H groups in total. The van der Waals surface area contributed by atoms with Crippen LogP contribution >= 0.6 is 11.8 Å². The highest BCUT2D eigenvalue weighted by atomic mass is 32.2. The second-order valence-corrected chi connectivity index (χ2v) is 4.28. The highest BCUT2D eigenvalue weighted by Crippen LogP contribution is 2.29. The number of phenolic OH excluding ortho intramolecular Hbond substituents is 1. The van der Waals surface area contributed by atoms with Gasteiger partial charge in [0, 0.05) is 22.1 Å². The molecule has 0 radical (unpaired) electrons. The van der Waals surface area contributed by atoms with Gasteiger partial charge in [-0.15, -0.1) is 0 Å². The number of hydrogen-bond acceptors (Lipinski definition) is 4. The number of nitrogens with zero attached hydrogens (tertiary/aromatic N) is 1. The number of phenols is 1. The van der Waals surface area contributed by atoms with Crippen molar-refractivity contribution < 1.29 is 9.84 Å². The number of pyridine rings is 1. The standard InChI is InChI=1S/C12H11NO2S/c1-15-12-8-11(6-7-13-12)16-10-4-2-9(14)3-5-10/h2-8,14H,1H3. The van der Waals surface area contributed by atoms with Crippen LogP contribution in [0.3, 0.4) is 0 Å². The van der Waals surface area contributed by atoms with Crippen molar-refractivity contribution in [3.05, 3.63) is 42.6 Å². The van der Waals surface area contributed by atoms with Crippen LogP contribution in [0, 0.1) is 0 Å². The first-order chi connectivity index (χ1) is 7.78. The van der Waals surface area contributed by atoms with Gasteiger partial charge in [-0.2, -0.15) is 0 Å². The minimum absolute atomic E-state index is 0.275. The van der Waals surface area contributed by atoms with E-state index < -0.39 is 0 Å². The van der Waals surface area contributed by atoms with E-state index in [2.05, 4.69) is 4.98 Å². The Kier molecular flexibility index (Phi) is 3.31. The summed E-state index contributed by atoms with van der Waals surface area (Å²) < 4.78 is 5.05. The molecule has 2 rings (SSSR count). The summed E-state index contributed by atoms with van der Waals surface area (Å²) >= 11 is 1.59. The van der Waals surface area contributed by atoms with Gasteiger partial charge < -0.3 is 9.84 Å². The normalized spacial score (nSPS) is 10.1. The Balaban J connectivity index is 2.16. The zero-order chi connectivity index (χ0) is 11.4. The number of aromatic nitrogens is 1. The molecule has 4 heteroatoms. The molecule has 0 fully saturated rings.